The van der Waals surface area contributed by atoms with Crippen LogP contribution in [0.25, 0.3) is 11.1 Å². The summed E-state index contributed by atoms with van der Waals surface area (Å²) in [4.78, 5) is 12.7. The van der Waals surface area contributed by atoms with E-state index >= 15 is 0 Å². The van der Waals surface area contributed by atoms with Crippen molar-refractivity contribution in [1.29, 1.82) is 5.26 Å². The molecule has 1 amide bonds. The Balaban J connectivity index is 1.53. The maximum Gasteiger partial charge on any atom is 0.251 e. The van der Waals surface area contributed by atoms with Crippen LogP contribution in [0.2, 0.25) is 5.02 Å². The van der Waals surface area contributed by atoms with Gasteiger partial charge in [-0.1, -0.05) is 23.7 Å². The predicted octanol–water partition coefficient (Wildman–Crippen LogP) is 4.44. The van der Waals surface area contributed by atoms with Gasteiger partial charge in [0.25, 0.3) is 5.91 Å². The van der Waals surface area contributed by atoms with Gasteiger partial charge in [-0.25, -0.2) is 0 Å². The number of aryl methyl sites for hydroxylation is 1. The molecule has 9 nitrogen and oxygen atoms in total. The number of rotatable bonds is 7. The largest absolute Gasteiger partial charge is 0.480 e. The number of nitrogens with zero attached hydrogens (tertiary/aromatic N) is 5. The van der Waals surface area contributed by atoms with Crippen molar-refractivity contribution in [2.24, 2.45) is 7.05 Å². The van der Waals surface area contributed by atoms with E-state index in [1.165, 1.54) is 13.2 Å². The molecular weight excluding hydrogens is 468 g/mol. The van der Waals surface area contributed by atoms with E-state index in [-0.39, 0.29) is 17.5 Å². The zero-order valence-corrected chi connectivity index (χ0v) is 20.0. The van der Waals surface area contributed by atoms with E-state index in [4.69, 9.17) is 21.1 Å². The van der Waals surface area contributed by atoms with Crippen molar-refractivity contribution in [3.63, 3.8) is 0 Å². The minimum absolute atomic E-state index is 0.229. The molecular formula is C25H21ClN6O3. The zero-order chi connectivity index (χ0) is 24.9. The first-order valence-electron chi connectivity index (χ1n) is 10.5. The lowest BCUT2D eigenvalue weighted by Gasteiger charge is -2.13. The summed E-state index contributed by atoms with van der Waals surface area (Å²) in [5, 5.41) is 24.8. The van der Waals surface area contributed by atoms with Crippen LogP contribution in [0.5, 0.6) is 17.4 Å². The summed E-state index contributed by atoms with van der Waals surface area (Å²) in [5.41, 5.74) is 3.78. The first-order valence-corrected chi connectivity index (χ1v) is 10.9. The van der Waals surface area contributed by atoms with Crippen molar-refractivity contribution >= 4 is 17.5 Å². The summed E-state index contributed by atoms with van der Waals surface area (Å²) in [6.45, 7) is 2.15. The predicted molar refractivity (Wildman–Crippen MR) is 129 cm³/mol. The van der Waals surface area contributed by atoms with Crippen molar-refractivity contribution in [2.75, 3.05) is 7.11 Å². The fraction of sp³-hybridized carbons (Fsp3) is 0.160. The van der Waals surface area contributed by atoms with Crippen molar-refractivity contribution in [3.05, 3.63) is 82.3 Å². The van der Waals surface area contributed by atoms with Crippen molar-refractivity contribution in [1.82, 2.24) is 25.3 Å². The zero-order valence-electron chi connectivity index (χ0n) is 19.2. The highest BCUT2D eigenvalue weighted by Gasteiger charge is 2.17. The number of carbonyl (C=O) groups is 1. The Morgan fingerprint density at radius 2 is 2.03 bits per heavy atom. The van der Waals surface area contributed by atoms with Gasteiger partial charge < -0.3 is 14.8 Å². The number of carbonyl (C=O) groups excluding carboxylic acids is 1. The molecule has 0 aliphatic heterocycles. The van der Waals surface area contributed by atoms with Gasteiger partial charge in [0.2, 0.25) is 5.88 Å². The van der Waals surface area contributed by atoms with Gasteiger partial charge in [0.15, 0.2) is 0 Å². The molecule has 0 fully saturated rings. The quantitative estimate of drug-likeness (QED) is 0.409. The number of hydrogen-bond donors (Lipinski definition) is 1. The van der Waals surface area contributed by atoms with Gasteiger partial charge in [0, 0.05) is 29.4 Å². The van der Waals surface area contributed by atoms with Crippen molar-refractivity contribution < 1.29 is 14.3 Å². The number of nitriles is 1. The standard InChI is InChI=1S/C25H21ClN6O3/c1-15-20(25(34-3)31-32(15)2)14-28-24(33)16-7-8-23(21(26)11-16)35-22-6-4-5-18(19(22)12-27)17-9-10-29-30-13-17/h4-11,13H,14H2,1-3H3,(H,28,33). The second-order valence-corrected chi connectivity index (χ2v) is 7.96. The fourth-order valence-corrected chi connectivity index (χ4v) is 3.74. The Morgan fingerprint density at radius 1 is 1.20 bits per heavy atom. The minimum atomic E-state index is -0.311. The number of hydrogen-bond acceptors (Lipinski definition) is 7. The van der Waals surface area contributed by atoms with Crippen LogP contribution in [0, 0.1) is 18.3 Å². The molecule has 2 heterocycles. The first-order chi connectivity index (χ1) is 16.9. The molecule has 176 valence electrons. The smallest absolute Gasteiger partial charge is 0.251 e. The topological polar surface area (TPSA) is 115 Å². The van der Waals surface area contributed by atoms with Crippen LogP contribution in [0.4, 0.5) is 0 Å². The number of nitrogens with one attached hydrogen (secondary N) is 1. The molecule has 2 aromatic carbocycles. The highest BCUT2D eigenvalue weighted by atomic mass is 35.5. The molecule has 0 saturated heterocycles. The maximum atomic E-state index is 12.7. The van der Waals surface area contributed by atoms with E-state index in [1.54, 1.807) is 53.5 Å². The van der Waals surface area contributed by atoms with E-state index in [0.29, 0.717) is 34.1 Å². The Morgan fingerprint density at radius 3 is 2.71 bits per heavy atom. The van der Waals surface area contributed by atoms with Gasteiger partial charge in [-0.2, -0.15) is 15.5 Å². The number of aromatic nitrogens is 4. The van der Waals surface area contributed by atoms with Crippen LogP contribution >= 0.6 is 11.6 Å². The average molecular weight is 489 g/mol. The number of ether oxygens (including phenoxy) is 2. The second-order valence-electron chi connectivity index (χ2n) is 7.55. The Labute approximate surface area is 206 Å². The number of methoxy groups -OCH3 is 1. The second kappa shape index (κ2) is 10.2. The minimum Gasteiger partial charge on any atom is -0.480 e. The molecule has 0 aliphatic carbocycles. The lowest BCUT2D eigenvalue weighted by Crippen LogP contribution is -2.23. The van der Waals surface area contributed by atoms with Crippen LogP contribution in [0.15, 0.2) is 54.9 Å². The molecule has 2 aromatic heterocycles. The van der Waals surface area contributed by atoms with E-state index in [1.807, 2.05) is 14.0 Å². The molecule has 0 unspecified atom stereocenters. The monoisotopic (exact) mass is 488 g/mol. The third-order valence-corrected chi connectivity index (χ3v) is 5.78. The molecule has 35 heavy (non-hydrogen) atoms. The summed E-state index contributed by atoms with van der Waals surface area (Å²) in [7, 11) is 3.34. The van der Waals surface area contributed by atoms with Crippen molar-refractivity contribution in [3.8, 4) is 34.6 Å². The number of benzene rings is 2. The highest BCUT2D eigenvalue weighted by Crippen LogP contribution is 2.35. The van der Waals surface area contributed by atoms with Crippen LogP contribution in [-0.2, 0) is 13.6 Å². The Bertz CT molecular complexity index is 1430. The third kappa shape index (κ3) is 4.93. The highest BCUT2D eigenvalue weighted by molar-refractivity contribution is 6.32. The van der Waals surface area contributed by atoms with Gasteiger partial charge in [-0.15, -0.1) is 5.10 Å². The van der Waals surface area contributed by atoms with Crippen molar-refractivity contribution in [2.45, 2.75) is 13.5 Å². The van der Waals surface area contributed by atoms with Gasteiger partial charge in [0.05, 0.1) is 36.6 Å². The summed E-state index contributed by atoms with van der Waals surface area (Å²) in [6.07, 6.45) is 3.12. The number of amides is 1. The van der Waals surface area contributed by atoms with Crippen LogP contribution in [0.1, 0.15) is 27.2 Å². The van der Waals surface area contributed by atoms with E-state index in [2.05, 4.69) is 26.7 Å². The fourth-order valence-electron chi connectivity index (χ4n) is 3.53. The summed E-state index contributed by atoms with van der Waals surface area (Å²) in [6, 6.07) is 13.9. The lowest BCUT2D eigenvalue weighted by atomic mass is 10.0. The number of halogens is 1. The molecule has 0 spiro atoms. The van der Waals surface area contributed by atoms with E-state index < -0.39 is 0 Å². The molecule has 0 aliphatic rings. The van der Waals surface area contributed by atoms with Crippen LogP contribution in [0.3, 0.4) is 0 Å². The molecule has 0 atom stereocenters. The lowest BCUT2D eigenvalue weighted by molar-refractivity contribution is 0.0950. The summed E-state index contributed by atoms with van der Waals surface area (Å²) >= 11 is 6.43. The third-order valence-electron chi connectivity index (χ3n) is 5.49. The molecule has 10 heteroatoms. The molecule has 4 aromatic rings. The van der Waals surface area contributed by atoms with Crippen LogP contribution < -0.4 is 14.8 Å². The molecule has 1 N–H and O–H groups in total. The Kier molecular flexibility index (Phi) is 6.94. The van der Waals surface area contributed by atoms with Gasteiger partial charge in [0.1, 0.15) is 23.1 Å². The first kappa shape index (κ1) is 23.7. The maximum absolute atomic E-state index is 12.7. The summed E-state index contributed by atoms with van der Waals surface area (Å²) in [5.74, 6) is 0.799. The molecule has 0 saturated carbocycles. The van der Waals surface area contributed by atoms with Gasteiger partial charge >= 0.3 is 0 Å². The van der Waals surface area contributed by atoms with Crippen LogP contribution in [-0.4, -0.2) is 33.0 Å². The van der Waals surface area contributed by atoms with Gasteiger partial charge in [-0.05, 0) is 37.3 Å². The average Bonchev–Trinajstić information content (AvgIpc) is 3.16. The molecule has 0 bridgehead atoms. The Hall–Kier alpha value is -4.42. The van der Waals surface area contributed by atoms with E-state index in [9.17, 15) is 10.1 Å². The molecule has 4 rings (SSSR count). The SMILES string of the molecule is COc1nn(C)c(C)c1CNC(=O)c1ccc(Oc2cccc(-c3ccnnc3)c2C#N)c(Cl)c1. The van der Waals surface area contributed by atoms with E-state index in [0.717, 1.165) is 16.8 Å². The van der Waals surface area contributed by atoms with Gasteiger partial charge in [-0.3, -0.25) is 9.48 Å². The summed E-state index contributed by atoms with van der Waals surface area (Å²) < 4.78 is 12.9. The molecule has 0 radical (unpaired) electrons. The normalized spacial score (nSPS) is 10.5.